The Morgan fingerprint density at radius 2 is 0.761 bits per heavy atom. The minimum atomic E-state index is -4.45. The second kappa shape index (κ2) is 27.6. The van der Waals surface area contributed by atoms with E-state index in [0.717, 1.165) is 134 Å². The summed E-state index contributed by atoms with van der Waals surface area (Å²) in [5, 5.41) is 13.1. The number of esters is 2. The lowest BCUT2D eigenvalue weighted by atomic mass is 9.87. The second-order valence-electron chi connectivity index (χ2n) is 26.4. The van der Waals surface area contributed by atoms with Crippen molar-refractivity contribution in [3.8, 4) is 22.3 Å². The molecule has 494 valence electrons. The molecule has 0 amide bonds. The third kappa shape index (κ3) is 15.5. The molecule has 2 aromatic carbocycles. The van der Waals surface area contributed by atoms with Gasteiger partial charge in [0.25, 0.3) is 0 Å². The van der Waals surface area contributed by atoms with E-state index in [1.165, 1.54) is 82.5 Å². The number of hydrogen-bond donors (Lipinski definition) is 1. The van der Waals surface area contributed by atoms with Crippen LogP contribution in [-0.4, -0.2) is 69.0 Å². The van der Waals surface area contributed by atoms with Gasteiger partial charge in [0, 0.05) is 79.3 Å². The topological polar surface area (TPSA) is 156 Å². The Labute approximate surface area is 558 Å². The summed E-state index contributed by atoms with van der Waals surface area (Å²) in [7, 11) is 2.70. The van der Waals surface area contributed by atoms with Crippen LogP contribution in [0.5, 0.6) is 0 Å². The molecule has 0 spiro atoms. The number of nitrogens with zero attached hydrogens (tertiary/aromatic N) is 3. The van der Waals surface area contributed by atoms with Crippen LogP contribution in [0, 0.1) is 24.3 Å². The van der Waals surface area contributed by atoms with Gasteiger partial charge in [-0.05, 0) is 235 Å². The number of hydrogen-bond acceptors (Lipinski definition) is 14. The van der Waals surface area contributed by atoms with Gasteiger partial charge in [0.15, 0.2) is 18.3 Å². The third-order valence-corrected chi connectivity index (χ3v) is 20.9. The molecule has 0 bridgehead atoms. The Kier molecular flexibility index (Phi) is 21.2. The Morgan fingerprint density at radius 1 is 0.467 bits per heavy atom. The molecule has 3 aliphatic rings. The van der Waals surface area contributed by atoms with Gasteiger partial charge in [0.05, 0.1) is 42.1 Å². The molecule has 0 unspecified atom stereocenters. The molecule has 1 N–H and O–H groups in total. The number of fused-ring (bicyclic) bond motifs is 9. The van der Waals surface area contributed by atoms with Crippen molar-refractivity contribution in [1.29, 1.82) is 0 Å². The molecule has 8 aromatic rings. The molecule has 22 heteroatoms. The largest absolute Gasteiger partial charge is 0.479 e. The van der Waals surface area contributed by atoms with Gasteiger partial charge in [0.2, 0.25) is 0 Å². The lowest BCUT2D eigenvalue weighted by Gasteiger charge is -2.29. The number of carbonyl (C=O) groups excluding carboxylic acids is 2. The fourth-order valence-electron chi connectivity index (χ4n) is 12.4. The van der Waals surface area contributed by atoms with Crippen LogP contribution in [0.3, 0.4) is 0 Å². The zero-order chi connectivity index (χ0) is 67.3. The van der Waals surface area contributed by atoms with E-state index >= 15 is 0 Å². The molecule has 0 saturated carbocycles. The van der Waals surface area contributed by atoms with Crippen LogP contribution in [0.4, 0.5) is 26.3 Å². The summed E-state index contributed by atoms with van der Waals surface area (Å²) >= 11 is 7.39. The summed E-state index contributed by atoms with van der Waals surface area (Å²) in [6.45, 7) is 22.2. The van der Waals surface area contributed by atoms with E-state index in [0.29, 0.717) is 44.8 Å². The molecule has 6 aromatic heterocycles. The van der Waals surface area contributed by atoms with Crippen molar-refractivity contribution >= 4 is 105 Å². The summed E-state index contributed by atoms with van der Waals surface area (Å²) in [5.74, 6) is -2.11. The highest BCUT2D eigenvalue weighted by Crippen LogP contribution is 2.50. The highest BCUT2D eigenvalue weighted by molar-refractivity contribution is 14.1. The number of aliphatic carboxylic acids is 1. The first-order valence-corrected chi connectivity index (χ1v) is 34.3. The van der Waals surface area contributed by atoms with Gasteiger partial charge in [0.1, 0.15) is 14.5 Å². The van der Waals surface area contributed by atoms with Crippen molar-refractivity contribution in [2.45, 2.75) is 208 Å². The molecule has 11 rings (SSSR count). The van der Waals surface area contributed by atoms with E-state index in [2.05, 4.69) is 22.6 Å². The van der Waals surface area contributed by atoms with Crippen LogP contribution in [0.1, 0.15) is 195 Å². The summed E-state index contributed by atoms with van der Waals surface area (Å²) in [5.41, 5.74) is 6.55. The fourth-order valence-corrected chi connectivity index (χ4v) is 17.7. The average Bonchev–Trinajstić information content (AvgIpc) is 1.51. The van der Waals surface area contributed by atoms with E-state index in [1.807, 2.05) is 55.4 Å². The Morgan fingerprint density at radius 3 is 1.09 bits per heavy atom. The normalized spacial score (nSPS) is 15.5. The van der Waals surface area contributed by atoms with Crippen LogP contribution in [0.25, 0.3) is 52.9 Å². The van der Waals surface area contributed by atoms with E-state index in [-0.39, 0.29) is 5.97 Å². The summed E-state index contributed by atoms with van der Waals surface area (Å²) < 4.78 is 109. The smallest absolute Gasteiger partial charge is 0.416 e. The Bertz CT molecular complexity index is 4080. The van der Waals surface area contributed by atoms with Crippen LogP contribution >= 0.6 is 56.6 Å². The first-order chi connectivity index (χ1) is 43.0. The van der Waals surface area contributed by atoms with E-state index in [9.17, 15) is 45.8 Å². The van der Waals surface area contributed by atoms with Crippen molar-refractivity contribution in [3.05, 3.63) is 128 Å². The van der Waals surface area contributed by atoms with Gasteiger partial charge >= 0.3 is 30.3 Å². The highest BCUT2D eigenvalue weighted by atomic mass is 127. The fraction of sp³-hybridized carbons (Fsp3) is 0.486. The number of alkyl halides is 6. The molecular formula is C70H78F6IN3O9S3. The molecular weight excluding hydrogens is 1360 g/mol. The van der Waals surface area contributed by atoms with Crippen LogP contribution < -0.4 is 0 Å². The zero-order valence-electron chi connectivity index (χ0n) is 54.3. The van der Waals surface area contributed by atoms with Gasteiger partial charge in [-0.1, -0.05) is 24.3 Å². The molecule has 0 radical (unpaired) electrons. The van der Waals surface area contributed by atoms with Gasteiger partial charge in [-0.3, -0.25) is 0 Å². The van der Waals surface area contributed by atoms with Crippen molar-refractivity contribution in [2.75, 3.05) is 14.2 Å². The van der Waals surface area contributed by atoms with Crippen molar-refractivity contribution in [1.82, 2.24) is 15.0 Å². The molecule has 92 heavy (non-hydrogen) atoms. The maximum absolute atomic E-state index is 13.3. The summed E-state index contributed by atoms with van der Waals surface area (Å²) in [6.07, 6.45) is 0.491. The van der Waals surface area contributed by atoms with Gasteiger partial charge in [-0.25, -0.2) is 29.3 Å². The number of aromatic nitrogens is 3. The first-order valence-electron chi connectivity index (χ1n) is 30.8. The van der Waals surface area contributed by atoms with Gasteiger partial charge in [-0.15, -0.1) is 34.0 Å². The van der Waals surface area contributed by atoms with E-state index in [4.69, 9.17) is 38.6 Å². The lowest BCUT2D eigenvalue weighted by Crippen LogP contribution is -2.29. The predicted molar refractivity (Wildman–Crippen MR) is 359 cm³/mol. The van der Waals surface area contributed by atoms with E-state index < -0.39 is 70.5 Å². The standard InChI is InChI=1S/C26H28F3NO3S.C25H26F3NO3S.C19H24INO3S/c1-14-19(22(24(31)32-5)33-25(2,3)4)20(15-10-12-16(13-11-15)26(27,28)29)21-17-8-6-7-9-18(17)34-23(21)30-14;1-13-18(21(23(30)31)32-24(2,3)4)19(14-9-11-15(12-10-14)25(26,27)28)20-16-7-5-6-8-17(16)33-22(20)29-13;1-10-13(16(18(22)23-5)24-19(2,3)4)15(20)14-11-8-6-7-9-12(11)25-17(14)21-10/h10-13,22H,6-9H2,1-5H3;9-12,21H,5-8H2,1-4H3,(H,30,31);16H,6-9H2,1-5H3/t22-;21-;16-/m000/s1. The van der Waals surface area contributed by atoms with Crippen molar-refractivity contribution < 1.29 is 69.5 Å². The molecule has 3 atom stereocenters. The molecule has 12 nitrogen and oxygen atoms in total. The third-order valence-electron chi connectivity index (χ3n) is 16.2. The van der Waals surface area contributed by atoms with Crippen LogP contribution in [-0.2, 0) is 88.9 Å². The minimum absolute atomic E-state index is 0.374. The number of benzene rings is 2. The average molecular weight is 1440 g/mol. The number of rotatable bonds is 11. The Hall–Kier alpha value is -5.63. The highest BCUT2D eigenvalue weighted by Gasteiger charge is 2.39. The maximum Gasteiger partial charge on any atom is 0.416 e. The number of pyridine rings is 3. The quantitative estimate of drug-likeness (QED) is 0.0744. The number of halogens is 7. The number of ether oxygens (including phenoxy) is 5. The number of carbonyl (C=O) groups is 3. The maximum atomic E-state index is 13.3. The number of methoxy groups -OCH3 is 2. The van der Waals surface area contributed by atoms with Crippen LogP contribution in [0.15, 0.2) is 48.5 Å². The zero-order valence-corrected chi connectivity index (χ0v) is 58.9. The summed E-state index contributed by atoms with van der Waals surface area (Å²) in [4.78, 5) is 58.9. The summed E-state index contributed by atoms with van der Waals surface area (Å²) in [6, 6.07) is 10.0. The van der Waals surface area contributed by atoms with Crippen molar-refractivity contribution in [2.24, 2.45) is 0 Å². The number of thiophene rings is 3. The molecule has 3 aliphatic carbocycles. The minimum Gasteiger partial charge on any atom is -0.479 e. The second-order valence-corrected chi connectivity index (χ2v) is 30.8. The molecule has 0 saturated heterocycles. The SMILES string of the molecule is COC(=O)[C@@H](OC(C)(C)C)c1c(C)nc2sc3c(c2c1-c1ccc(C(F)(F)F)cc1)CCCC3.COC(=O)[C@@H](OC(C)(C)C)c1c(C)nc2sc3c(c2c1I)CCCC3.Cc1nc2sc3c(c2c(-c2ccc(C(F)(F)F)cc2)c1[C@H](OC(C)(C)C)C(=O)O)CCCC3. The van der Waals surface area contributed by atoms with Gasteiger partial charge < -0.3 is 28.8 Å². The number of carboxylic acid groups (broad SMARTS) is 1. The van der Waals surface area contributed by atoms with E-state index in [1.54, 1.807) is 61.7 Å². The van der Waals surface area contributed by atoms with Gasteiger partial charge in [-0.2, -0.15) is 26.3 Å². The number of carboxylic acids is 1. The van der Waals surface area contributed by atoms with Crippen molar-refractivity contribution in [3.63, 3.8) is 0 Å². The Balaban J connectivity index is 0.000000165. The lowest BCUT2D eigenvalue weighted by molar-refractivity contribution is -0.164. The first kappa shape index (κ1) is 70.7. The van der Waals surface area contributed by atoms with Crippen LogP contribution in [0.2, 0.25) is 0 Å². The number of aryl methyl sites for hydroxylation is 9. The molecule has 0 aliphatic heterocycles. The monoisotopic (exact) mass is 1440 g/mol. The predicted octanol–water partition coefficient (Wildman–Crippen LogP) is 19.4. The molecule has 6 heterocycles. The molecule has 0 fully saturated rings.